The van der Waals surface area contributed by atoms with Crippen molar-refractivity contribution in [3.8, 4) is 22.7 Å². The summed E-state index contributed by atoms with van der Waals surface area (Å²) in [7, 11) is 1.66. The van der Waals surface area contributed by atoms with E-state index in [9.17, 15) is 4.79 Å². The van der Waals surface area contributed by atoms with Crippen molar-refractivity contribution in [3.63, 3.8) is 0 Å². The first kappa shape index (κ1) is 21.5. The standard InChI is InChI=1S/C26H26N4O2S/c1-18-15-21(32-2)11-12-22(18)24-19(17-30(28-24)20-9-5-3-6-10-20)16-23-25(31)27-26(33-23)29-13-7-4-8-14-29/h3,5-6,9-12,15-17H,4,7-8,13-14H2,1-2H3. The minimum absolute atomic E-state index is 0.176. The number of thioether (sulfide) groups is 1. The van der Waals surface area contributed by atoms with E-state index in [0.29, 0.717) is 4.91 Å². The highest BCUT2D eigenvalue weighted by Crippen LogP contribution is 2.35. The number of aromatic nitrogens is 2. The van der Waals surface area contributed by atoms with Crippen LogP contribution in [0, 0.1) is 6.92 Å². The number of hydrogen-bond acceptors (Lipinski definition) is 5. The summed E-state index contributed by atoms with van der Waals surface area (Å²) in [4.78, 5) is 20.0. The van der Waals surface area contributed by atoms with Gasteiger partial charge in [-0.1, -0.05) is 18.2 Å². The van der Waals surface area contributed by atoms with E-state index in [4.69, 9.17) is 9.84 Å². The van der Waals surface area contributed by atoms with E-state index in [1.165, 1.54) is 18.2 Å². The monoisotopic (exact) mass is 458 g/mol. The number of aryl methyl sites for hydroxylation is 1. The second-order valence-corrected chi connectivity index (χ2v) is 9.26. The fraction of sp³-hybridized carbons (Fsp3) is 0.269. The summed E-state index contributed by atoms with van der Waals surface area (Å²) in [5.41, 5.74) is 4.74. The normalized spacial score (nSPS) is 17.5. The molecule has 0 atom stereocenters. The quantitative estimate of drug-likeness (QED) is 0.496. The minimum Gasteiger partial charge on any atom is -0.497 e. The first-order valence-corrected chi connectivity index (χ1v) is 12.0. The molecule has 5 rings (SSSR count). The highest BCUT2D eigenvalue weighted by molar-refractivity contribution is 8.18. The second kappa shape index (κ2) is 9.27. The van der Waals surface area contributed by atoms with Crippen LogP contribution in [0.4, 0.5) is 0 Å². The number of piperidine rings is 1. The van der Waals surface area contributed by atoms with Crippen molar-refractivity contribution in [1.29, 1.82) is 0 Å². The number of amides is 1. The Morgan fingerprint density at radius 3 is 2.58 bits per heavy atom. The zero-order valence-corrected chi connectivity index (χ0v) is 19.6. The molecule has 1 aromatic heterocycles. The van der Waals surface area contributed by atoms with Crippen molar-refractivity contribution in [2.24, 2.45) is 4.99 Å². The molecule has 1 fully saturated rings. The van der Waals surface area contributed by atoms with Crippen LogP contribution < -0.4 is 4.74 Å². The molecule has 0 saturated carbocycles. The van der Waals surface area contributed by atoms with Crippen LogP contribution in [0.5, 0.6) is 5.75 Å². The van der Waals surface area contributed by atoms with Crippen LogP contribution in [-0.4, -0.2) is 46.0 Å². The number of rotatable bonds is 4. The largest absolute Gasteiger partial charge is 0.497 e. The van der Waals surface area contributed by atoms with Gasteiger partial charge in [0.1, 0.15) is 11.4 Å². The zero-order valence-electron chi connectivity index (χ0n) is 18.8. The van der Waals surface area contributed by atoms with E-state index in [0.717, 1.165) is 64.9 Å². The summed E-state index contributed by atoms with van der Waals surface area (Å²) >= 11 is 1.47. The van der Waals surface area contributed by atoms with Crippen LogP contribution in [0.15, 0.2) is 64.6 Å². The van der Waals surface area contributed by atoms with Crippen molar-refractivity contribution in [3.05, 3.63) is 70.8 Å². The Morgan fingerprint density at radius 1 is 1.06 bits per heavy atom. The van der Waals surface area contributed by atoms with Gasteiger partial charge in [0, 0.05) is 30.4 Å². The molecule has 1 amide bonds. The Hall–Kier alpha value is -3.32. The van der Waals surface area contributed by atoms with Gasteiger partial charge in [0.25, 0.3) is 5.91 Å². The number of likely N-dealkylation sites (tertiary alicyclic amines) is 1. The average Bonchev–Trinajstić information content (AvgIpc) is 3.44. The number of carbonyl (C=O) groups excluding carboxylic acids is 1. The topological polar surface area (TPSA) is 59.7 Å². The Bertz CT molecular complexity index is 1240. The van der Waals surface area contributed by atoms with Gasteiger partial charge >= 0.3 is 0 Å². The summed E-state index contributed by atoms with van der Waals surface area (Å²) in [5, 5.41) is 5.73. The van der Waals surface area contributed by atoms with E-state index >= 15 is 0 Å². The van der Waals surface area contributed by atoms with Gasteiger partial charge in [0.2, 0.25) is 0 Å². The van der Waals surface area contributed by atoms with Crippen LogP contribution in [0.2, 0.25) is 0 Å². The second-order valence-electron chi connectivity index (χ2n) is 8.25. The highest BCUT2D eigenvalue weighted by atomic mass is 32.2. The van der Waals surface area contributed by atoms with Crippen LogP contribution in [0.3, 0.4) is 0 Å². The summed E-state index contributed by atoms with van der Waals surface area (Å²) in [6, 6.07) is 16.0. The molecule has 0 spiro atoms. The molecule has 33 heavy (non-hydrogen) atoms. The third kappa shape index (κ3) is 4.46. The number of carbonyl (C=O) groups is 1. The molecule has 0 radical (unpaired) electrons. The molecule has 7 heteroatoms. The van der Waals surface area contributed by atoms with E-state index in [-0.39, 0.29) is 5.91 Å². The van der Waals surface area contributed by atoms with Gasteiger partial charge in [-0.05, 0) is 79.9 Å². The van der Waals surface area contributed by atoms with E-state index < -0.39 is 0 Å². The number of nitrogens with zero attached hydrogens (tertiary/aromatic N) is 4. The van der Waals surface area contributed by atoms with Crippen LogP contribution in [0.25, 0.3) is 23.0 Å². The molecule has 0 bridgehead atoms. The smallest absolute Gasteiger partial charge is 0.286 e. The zero-order chi connectivity index (χ0) is 22.8. The van der Waals surface area contributed by atoms with Gasteiger partial charge < -0.3 is 9.64 Å². The Labute approximate surface area is 198 Å². The molecule has 0 N–H and O–H groups in total. The molecule has 2 aliphatic rings. The van der Waals surface area contributed by atoms with E-state index in [1.54, 1.807) is 7.11 Å². The predicted octanol–water partition coefficient (Wildman–Crippen LogP) is 5.31. The van der Waals surface area contributed by atoms with Crippen LogP contribution in [-0.2, 0) is 4.79 Å². The Kier molecular flexibility index (Phi) is 6.05. The summed E-state index contributed by atoms with van der Waals surface area (Å²) in [6.45, 7) is 3.98. The molecule has 1 saturated heterocycles. The molecule has 6 nitrogen and oxygen atoms in total. The van der Waals surface area contributed by atoms with Crippen molar-refractivity contribution in [1.82, 2.24) is 14.7 Å². The van der Waals surface area contributed by atoms with Gasteiger partial charge in [0.15, 0.2) is 5.17 Å². The lowest BCUT2D eigenvalue weighted by Gasteiger charge is -2.27. The molecular weight excluding hydrogens is 432 g/mol. The van der Waals surface area contributed by atoms with Crippen LogP contribution in [0.1, 0.15) is 30.4 Å². The van der Waals surface area contributed by atoms with Gasteiger partial charge in [-0.3, -0.25) is 4.79 Å². The lowest BCUT2D eigenvalue weighted by molar-refractivity contribution is -0.113. The Balaban J connectivity index is 1.54. The van der Waals surface area contributed by atoms with Gasteiger partial charge in [-0.25, -0.2) is 4.68 Å². The molecule has 2 aromatic carbocycles. The SMILES string of the molecule is COc1ccc(-c2nn(-c3ccccc3)cc2C=C2SC(N3CCCCC3)=NC2=O)c(C)c1. The van der Waals surface area contributed by atoms with Gasteiger partial charge in [-0.2, -0.15) is 10.1 Å². The van der Waals surface area contributed by atoms with E-state index in [2.05, 4.69) is 9.89 Å². The van der Waals surface area contributed by atoms with Crippen LogP contribution >= 0.6 is 11.8 Å². The summed E-state index contributed by atoms with van der Waals surface area (Å²) in [5.74, 6) is 0.630. The molecule has 0 aliphatic carbocycles. The maximum absolute atomic E-state index is 12.8. The van der Waals surface area contributed by atoms with Gasteiger partial charge in [-0.15, -0.1) is 0 Å². The predicted molar refractivity (Wildman–Crippen MR) is 134 cm³/mol. The van der Waals surface area contributed by atoms with Gasteiger partial charge in [0.05, 0.1) is 17.7 Å². The third-order valence-corrected chi connectivity index (χ3v) is 7.02. The van der Waals surface area contributed by atoms with Crippen molar-refractivity contribution in [2.45, 2.75) is 26.2 Å². The first-order chi connectivity index (χ1) is 16.1. The highest BCUT2D eigenvalue weighted by Gasteiger charge is 2.27. The third-order valence-electron chi connectivity index (χ3n) is 5.97. The number of methoxy groups -OCH3 is 1. The number of benzene rings is 2. The number of amidine groups is 1. The lowest BCUT2D eigenvalue weighted by atomic mass is 10.0. The molecule has 0 unspecified atom stereocenters. The van der Waals surface area contributed by atoms with Crippen molar-refractivity contribution >= 4 is 28.9 Å². The maximum atomic E-state index is 12.8. The fourth-order valence-electron chi connectivity index (χ4n) is 4.20. The Morgan fingerprint density at radius 2 is 1.85 bits per heavy atom. The summed E-state index contributed by atoms with van der Waals surface area (Å²) < 4.78 is 7.24. The molecule has 3 aromatic rings. The number of aliphatic imine (C=N–C) groups is 1. The number of para-hydroxylation sites is 1. The molecule has 3 heterocycles. The minimum atomic E-state index is -0.176. The number of ether oxygens (including phenoxy) is 1. The molecular formula is C26H26N4O2S. The first-order valence-electron chi connectivity index (χ1n) is 11.2. The fourth-order valence-corrected chi connectivity index (χ4v) is 5.16. The molecule has 2 aliphatic heterocycles. The lowest BCUT2D eigenvalue weighted by Crippen LogP contribution is -2.33. The molecule has 168 valence electrons. The van der Waals surface area contributed by atoms with E-state index in [1.807, 2.05) is 72.4 Å². The maximum Gasteiger partial charge on any atom is 0.286 e. The van der Waals surface area contributed by atoms with Crippen molar-refractivity contribution < 1.29 is 9.53 Å². The van der Waals surface area contributed by atoms with Crippen molar-refractivity contribution in [2.75, 3.05) is 20.2 Å². The number of hydrogen-bond donors (Lipinski definition) is 0. The summed E-state index contributed by atoms with van der Waals surface area (Å²) in [6.07, 6.45) is 7.45. The average molecular weight is 459 g/mol.